The molecule has 5 nitrogen and oxygen atoms in total. The lowest BCUT2D eigenvalue weighted by atomic mass is 9.90. The van der Waals surface area contributed by atoms with Crippen LogP contribution in [0.5, 0.6) is 0 Å². The highest BCUT2D eigenvalue weighted by Crippen LogP contribution is 2.26. The lowest BCUT2D eigenvalue weighted by molar-refractivity contribution is -0.133. The van der Waals surface area contributed by atoms with Crippen LogP contribution >= 0.6 is 0 Å². The van der Waals surface area contributed by atoms with E-state index in [1.807, 2.05) is 0 Å². The summed E-state index contributed by atoms with van der Waals surface area (Å²) >= 11 is 0. The second-order valence-electron chi connectivity index (χ2n) is 5.85. The molecule has 104 valence electrons. The van der Waals surface area contributed by atoms with E-state index in [4.69, 9.17) is 0 Å². The van der Waals surface area contributed by atoms with Gasteiger partial charge in [0.2, 0.25) is 11.8 Å². The molecule has 5 heteroatoms. The smallest absolute Gasteiger partial charge is 0.241 e. The van der Waals surface area contributed by atoms with Crippen LogP contribution in [-0.4, -0.2) is 47.1 Å². The molecular weight excluding hydrogens is 232 g/mol. The zero-order valence-electron chi connectivity index (χ0n) is 11.7. The van der Waals surface area contributed by atoms with Gasteiger partial charge in [0, 0.05) is 24.9 Å². The van der Waals surface area contributed by atoms with E-state index in [-0.39, 0.29) is 30.2 Å². The van der Waals surface area contributed by atoms with E-state index in [1.54, 1.807) is 32.6 Å². The molecule has 0 spiro atoms. The molecule has 1 fully saturated rings. The first kappa shape index (κ1) is 15.0. The number of aliphatic hydroxyl groups is 1. The first-order valence-electron chi connectivity index (χ1n) is 6.49. The van der Waals surface area contributed by atoms with Crippen LogP contribution in [0.4, 0.5) is 0 Å². The molecule has 18 heavy (non-hydrogen) atoms. The number of hydrogen-bond donors (Lipinski definition) is 2. The Hall–Kier alpha value is -1.10. The number of rotatable bonds is 4. The standard InChI is InChI=1S/C13H24N2O3/c1-9(2)12(17)14-7-11(16)15-6-5-10(8-15)13(3,4)18/h9-10,18H,5-8H2,1-4H3,(H,14,17)/t10-/m0/s1. The third-order valence-corrected chi connectivity index (χ3v) is 3.48. The van der Waals surface area contributed by atoms with Crippen LogP contribution in [0.15, 0.2) is 0 Å². The molecule has 1 heterocycles. The van der Waals surface area contributed by atoms with Crippen molar-refractivity contribution < 1.29 is 14.7 Å². The first-order chi connectivity index (χ1) is 8.21. The van der Waals surface area contributed by atoms with Gasteiger partial charge in [0.25, 0.3) is 0 Å². The quantitative estimate of drug-likeness (QED) is 0.764. The second-order valence-corrected chi connectivity index (χ2v) is 5.85. The van der Waals surface area contributed by atoms with Crippen LogP contribution in [0.2, 0.25) is 0 Å². The van der Waals surface area contributed by atoms with Crippen molar-refractivity contribution in [2.75, 3.05) is 19.6 Å². The summed E-state index contributed by atoms with van der Waals surface area (Å²) < 4.78 is 0. The summed E-state index contributed by atoms with van der Waals surface area (Å²) in [4.78, 5) is 24.9. The molecule has 0 unspecified atom stereocenters. The third kappa shape index (κ3) is 3.98. The number of carbonyl (C=O) groups excluding carboxylic acids is 2. The van der Waals surface area contributed by atoms with Crippen molar-refractivity contribution in [1.82, 2.24) is 10.2 Å². The Morgan fingerprint density at radius 1 is 1.44 bits per heavy atom. The fourth-order valence-corrected chi connectivity index (χ4v) is 2.04. The molecule has 2 N–H and O–H groups in total. The predicted molar refractivity (Wildman–Crippen MR) is 68.8 cm³/mol. The summed E-state index contributed by atoms with van der Waals surface area (Å²) in [5.41, 5.74) is -0.754. The van der Waals surface area contributed by atoms with E-state index >= 15 is 0 Å². The highest BCUT2D eigenvalue weighted by molar-refractivity contribution is 5.85. The average Bonchev–Trinajstić information content (AvgIpc) is 2.73. The maximum atomic E-state index is 11.9. The SMILES string of the molecule is CC(C)C(=O)NCC(=O)N1CC[C@H](C(C)(C)O)C1. The van der Waals surface area contributed by atoms with Gasteiger partial charge in [0.05, 0.1) is 12.1 Å². The van der Waals surface area contributed by atoms with Crippen molar-refractivity contribution in [3.8, 4) is 0 Å². The molecule has 1 rings (SSSR count). The highest BCUT2D eigenvalue weighted by Gasteiger charge is 2.35. The van der Waals surface area contributed by atoms with E-state index in [1.165, 1.54) is 0 Å². The number of amides is 2. The number of hydrogen-bond acceptors (Lipinski definition) is 3. The fourth-order valence-electron chi connectivity index (χ4n) is 2.04. The molecule has 0 aromatic carbocycles. The molecule has 1 aliphatic rings. The van der Waals surface area contributed by atoms with E-state index in [0.717, 1.165) is 6.42 Å². The summed E-state index contributed by atoms with van der Waals surface area (Å²) in [5, 5.41) is 12.5. The molecule has 0 aromatic heterocycles. The van der Waals surface area contributed by atoms with Crippen LogP contribution in [-0.2, 0) is 9.59 Å². The largest absolute Gasteiger partial charge is 0.390 e. The van der Waals surface area contributed by atoms with Gasteiger partial charge in [0.15, 0.2) is 0 Å². The molecule has 0 aliphatic carbocycles. The monoisotopic (exact) mass is 256 g/mol. The van der Waals surface area contributed by atoms with Crippen molar-refractivity contribution in [3.63, 3.8) is 0 Å². The molecular formula is C13H24N2O3. The Kier molecular flexibility index (Phi) is 4.73. The highest BCUT2D eigenvalue weighted by atomic mass is 16.3. The van der Waals surface area contributed by atoms with Crippen LogP contribution in [0.1, 0.15) is 34.1 Å². The van der Waals surface area contributed by atoms with Crippen LogP contribution in [0.3, 0.4) is 0 Å². The minimum atomic E-state index is -0.754. The van der Waals surface area contributed by atoms with Crippen molar-refractivity contribution in [2.24, 2.45) is 11.8 Å². The van der Waals surface area contributed by atoms with Crippen LogP contribution in [0.25, 0.3) is 0 Å². The van der Waals surface area contributed by atoms with Gasteiger partial charge < -0.3 is 15.3 Å². The topological polar surface area (TPSA) is 69.6 Å². The average molecular weight is 256 g/mol. The predicted octanol–water partition coefficient (Wildman–Crippen LogP) is 0.378. The lowest BCUT2D eigenvalue weighted by Crippen LogP contribution is -2.41. The number of likely N-dealkylation sites (tertiary alicyclic amines) is 1. The third-order valence-electron chi connectivity index (χ3n) is 3.48. The molecule has 0 saturated carbocycles. The van der Waals surface area contributed by atoms with E-state index in [0.29, 0.717) is 13.1 Å². The minimum Gasteiger partial charge on any atom is -0.390 e. The van der Waals surface area contributed by atoms with E-state index in [2.05, 4.69) is 5.32 Å². The number of nitrogens with one attached hydrogen (secondary N) is 1. The van der Waals surface area contributed by atoms with Crippen LogP contribution < -0.4 is 5.32 Å². The summed E-state index contributed by atoms with van der Waals surface area (Å²) in [6.07, 6.45) is 0.813. The van der Waals surface area contributed by atoms with Gasteiger partial charge in [-0.15, -0.1) is 0 Å². The molecule has 0 aromatic rings. The summed E-state index contributed by atoms with van der Waals surface area (Å²) in [5.74, 6) is -0.180. The van der Waals surface area contributed by atoms with Gasteiger partial charge in [-0.05, 0) is 20.3 Å². The fraction of sp³-hybridized carbons (Fsp3) is 0.846. The van der Waals surface area contributed by atoms with Gasteiger partial charge in [-0.3, -0.25) is 9.59 Å². The van der Waals surface area contributed by atoms with Crippen molar-refractivity contribution in [1.29, 1.82) is 0 Å². The van der Waals surface area contributed by atoms with Crippen LogP contribution in [0, 0.1) is 11.8 Å². The molecule has 1 aliphatic heterocycles. The zero-order valence-corrected chi connectivity index (χ0v) is 11.7. The normalized spacial score (nSPS) is 20.3. The molecule has 0 bridgehead atoms. The molecule has 0 radical (unpaired) electrons. The van der Waals surface area contributed by atoms with Gasteiger partial charge in [0.1, 0.15) is 0 Å². The zero-order chi connectivity index (χ0) is 13.9. The Bertz CT molecular complexity index is 321. The van der Waals surface area contributed by atoms with Crippen molar-refractivity contribution in [2.45, 2.75) is 39.7 Å². The van der Waals surface area contributed by atoms with Gasteiger partial charge in [-0.25, -0.2) is 0 Å². The lowest BCUT2D eigenvalue weighted by Gasteiger charge is -2.25. The summed E-state index contributed by atoms with van der Waals surface area (Å²) in [6.45, 7) is 8.40. The summed E-state index contributed by atoms with van der Waals surface area (Å²) in [6, 6.07) is 0. The van der Waals surface area contributed by atoms with Gasteiger partial charge in [-0.1, -0.05) is 13.8 Å². The van der Waals surface area contributed by atoms with Gasteiger partial charge >= 0.3 is 0 Å². The summed E-state index contributed by atoms with van der Waals surface area (Å²) in [7, 11) is 0. The second kappa shape index (κ2) is 5.69. The maximum absolute atomic E-state index is 11.9. The number of carbonyl (C=O) groups is 2. The molecule has 2 amide bonds. The van der Waals surface area contributed by atoms with Crippen molar-refractivity contribution in [3.05, 3.63) is 0 Å². The Morgan fingerprint density at radius 3 is 2.50 bits per heavy atom. The first-order valence-corrected chi connectivity index (χ1v) is 6.49. The van der Waals surface area contributed by atoms with E-state index < -0.39 is 5.60 Å². The minimum absolute atomic E-state index is 0.0512. The maximum Gasteiger partial charge on any atom is 0.241 e. The molecule has 1 atom stereocenters. The molecule has 1 saturated heterocycles. The Labute approximate surface area is 109 Å². The Morgan fingerprint density at radius 2 is 2.06 bits per heavy atom. The number of nitrogens with zero attached hydrogens (tertiary/aromatic N) is 1. The van der Waals surface area contributed by atoms with E-state index in [9.17, 15) is 14.7 Å². The van der Waals surface area contributed by atoms with Gasteiger partial charge in [-0.2, -0.15) is 0 Å². The Balaban J connectivity index is 2.39. The van der Waals surface area contributed by atoms with Crippen molar-refractivity contribution >= 4 is 11.8 Å².